The summed E-state index contributed by atoms with van der Waals surface area (Å²) in [5.74, 6) is 1.61. The minimum atomic E-state index is -0.270. The third kappa shape index (κ3) is 7.85. The maximum atomic E-state index is 12.2. The molecule has 0 fully saturated rings. The summed E-state index contributed by atoms with van der Waals surface area (Å²) < 4.78 is 11.2. The molecule has 22 heavy (non-hydrogen) atoms. The third-order valence-electron chi connectivity index (χ3n) is 3.12. The first-order valence-electron chi connectivity index (χ1n) is 8.00. The predicted octanol–water partition coefficient (Wildman–Crippen LogP) is 4.48. The summed E-state index contributed by atoms with van der Waals surface area (Å²) in [6, 6.07) is 7.46. The molecule has 0 radical (unpaired) electrons. The van der Waals surface area contributed by atoms with E-state index in [0.29, 0.717) is 12.2 Å². The molecular weight excluding hydrogens is 296 g/mol. The number of esters is 1. The van der Waals surface area contributed by atoms with Gasteiger partial charge in [0.2, 0.25) is 0 Å². The van der Waals surface area contributed by atoms with Gasteiger partial charge in [-0.1, -0.05) is 31.0 Å². The highest BCUT2D eigenvalue weighted by molar-refractivity contribution is 7.99. The van der Waals surface area contributed by atoms with Crippen molar-refractivity contribution >= 4 is 17.7 Å². The monoisotopic (exact) mass is 324 g/mol. The van der Waals surface area contributed by atoms with Gasteiger partial charge in [-0.25, -0.2) is 4.79 Å². The molecule has 0 N–H and O–H groups in total. The average molecular weight is 324 g/mol. The molecule has 0 bridgehead atoms. The number of benzene rings is 1. The van der Waals surface area contributed by atoms with Crippen molar-refractivity contribution in [3.05, 3.63) is 35.4 Å². The van der Waals surface area contributed by atoms with Gasteiger partial charge in [0.1, 0.15) is 6.10 Å². The summed E-state index contributed by atoms with van der Waals surface area (Å²) in [4.78, 5) is 12.2. The van der Waals surface area contributed by atoms with Crippen LogP contribution in [0.4, 0.5) is 0 Å². The molecule has 0 spiro atoms. The van der Waals surface area contributed by atoms with E-state index in [9.17, 15) is 4.79 Å². The van der Waals surface area contributed by atoms with E-state index in [1.165, 1.54) is 12.8 Å². The first-order valence-corrected chi connectivity index (χ1v) is 9.15. The van der Waals surface area contributed by atoms with E-state index in [4.69, 9.17) is 9.47 Å². The molecule has 1 atom stereocenters. The molecule has 1 unspecified atom stereocenters. The number of ether oxygens (including phenoxy) is 2. The molecule has 0 amide bonds. The summed E-state index contributed by atoms with van der Waals surface area (Å²) in [6.45, 7) is 8.61. The molecule has 3 nitrogen and oxygen atoms in total. The summed E-state index contributed by atoms with van der Waals surface area (Å²) in [7, 11) is 0. The molecule has 1 rings (SSSR count). The van der Waals surface area contributed by atoms with Gasteiger partial charge in [-0.3, -0.25) is 0 Å². The van der Waals surface area contributed by atoms with E-state index < -0.39 is 0 Å². The van der Waals surface area contributed by atoms with E-state index in [-0.39, 0.29) is 18.2 Å². The Morgan fingerprint density at radius 3 is 2.50 bits per heavy atom. The molecule has 1 aromatic rings. The van der Waals surface area contributed by atoms with Gasteiger partial charge in [-0.15, -0.1) is 0 Å². The molecule has 0 aliphatic heterocycles. The normalized spacial score (nSPS) is 12.4. The van der Waals surface area contributed by atoms with Gasteiger partial charge < -0.3 is 9.47 Å². The minimum Gasteiger partial charge on any atom is -0.455 e. The largest absolute Gasteiger partial charge is 0.455 e. The van der Waals surface area contributed by atoms with Crippen molar-refractivity contribution in [2.45, 2.75) is 52.7 Å². The molecule has 1 aromatic carbocycles. The zero-order chi connectivity index (χ0) is 16.4. The zero-order valence-corrected chi connectivity index (χ0v) is 14.9. The van der Waals surface area contributed by atoms with Gasteiger partial charge in [-0.05, 0) is 45.1 Å². The van der Waals surface area contributed by atoms with Crippen molar-refractivity contribution in [2.24, 2.45) is 0 Å². The van der Waals surface area contributed by atoms with Crippen molar-refractivity contribution < 1.29 is 14.3 Å². The van der Waals surface area contributed by atoms with Crippen LogP contribution in [0.2, 0.25) is 0 Å². The molecule has 0 aliphatic rings. The third-order valence-corrected chi connectivity index (χ3v) is 4.31. The summed E-state index contributed by atoms with van der Waals surface area (Å²) >= 11 is 1.82. The molecular formula is C18H28O3S. The molecule has 0 saturated carbocycles. The number of hydrogen-bond donors (Lipinski definition) is 0. The second kappa shape index (κ2) is 10.7. The van der Waals surface area contributed by atoms with Crippen molar-refractivity contribution in [3.8, 4) is 0 Å². The first kappa shape index (κ1) is 19.0. The fourth-order valence-corrected chi connectivity index (χ4v) is 2.87. The van der Waals surface area contributed by atoms with Crippen molar-refractivity contribution in [1.82, 2.24) is 0 Å². The summed E-state index contributed by atoms with van der Waals surface area (Å²) in [5.41, 5.74) is 1.73. The van der Waals surface area contributed by atoms with Crippen molar-refractivity contribution in [1.29, 1.82) is 0 Å². The Bertz CT molecular complexity index is 428. The van der Waals surface area contributed by atoms with Crippen LogP contribution in [0.25, 0.3) is 0 Å². The van der Waals surface area contributed by atoms with Crippen LogP contribution < -0.4 is 0 Å². The van der Waals surface area contributed by atoms with Gasteiger partial charge in [0.05, 0.1) is 18.3 Å². The SMILES string of the molecule is CCCCSCC(COC(C)C)OC(=O)c1ccc(C)cc1. The Hall–Kier alpha value is -1.00. The number of aryl methyl sites for hydroxylation is 1. The van der Waals surface area contributed by atoms with Crippen LogP contribution >= 0.6 is 11.8 Å². The lowest BCUT2D eigenvalue weighted by atomic mass is 10.1. The van der Waals surface area contributed by atoms with Gasteiger partial charge in [0.25, 0.3) is 0 Å². The number of carbonyl (C=O) groups excluding carboxylic acids is 1. The second-order valence-electron chi connectivity index (χ2n) is 5.70. The molecule has 0 heterocycles. The number of unbranched alkanes of at least 4 members (excludes halogenated alkanes) is 1. The maximum absolute atomic E-state index is 12.2. The lowest BCUT2D eigenvalue weighted by Crippen LogP contribution is -2.27. The first-order chi connectivity index (χ1) is 10.5. The Balaban J connectivity index is 2.53. The summed E-state index contributed by atoms with van der Waals surface area (Å²) in [5, 5.41) is 0. The molecule has 0 saturated heterocycles. The van der Waals surface area contributed by atoms with Gasteiger partial charge in [-0.2, -0.15) is 11.8 Å². The average Bonchev–Trinajstić information content (AvgIpc) is 2.49. The second-order valence-corrected chi connectivity index (χ2v) is 6.85. The van der Waals surface area contributed by atoms with Crippen LogP contribution in [-0.4, -0.2) is 36.3 Å². The van der Waals surface area contributed by atoms with E-state index in [2.05, 4.69) is 6.92 Å². The number of thioether (sulfide) groups is 1. The standard InChI is InChI=1S/C18H28O3S/c1-5-6-11-22-13-17(12-20-14(2)3)21-18(19)16-9-7-15(4)8-10-16/h7-10,14,17H,5-6,11-13H2,1-4H3. The van der Waals surface area contributed by atoms with Crippen LogP contribution in [0.1, 0.15) is 49.5 Å². The van der Waals surface area contributed by atoms with E-state index >= 15 is 0 Å². The lowest BCUT2D eigenvalue weighted by molar-refractivity contribution is -0.0119. The quantitative estimate of drug-likeness (QED) is 0.469. The smallest absolute Gasteiger partial charge is 0.338 e. The van der Waals surface area contributed by atoms with E-state index in [1.807, 2.05) is 56.8 Å². The van der Waals surface area contributed by atoms with Crippen molar-refractivity contribution in [3.63, 3.8) is 0 Å². The highest BCUT2D eigenvalue weighted by atomic mass is 32.2. The Kier molecular flexibility index (Phi) is 9.25. The molecule has 0 aromatic heterocycles. The van der Waals surface area contributed by atoms with E-state index in [1.54, 1.807) is 0 Å². The van der Waals surface area contributed by atoms with Gasteiger partial charge in [0, 0.05) is 5.75 Å². The highest BCUT2D eigenvalue weighted by Gasteiger charge is 2.17. The van der Waals surface area contributed by atoms with E-state index in [0.717, 1.165) is 17.1 Å². The molecule has 0 aliphatic carbocycles. The fourth-order valence-electron chi connectivity index (χ4n) is 1.79. The summed E-state index contributed by atoms with van der Waals surface area (Å²) in [6.07, 6.45) is 2.32. The maximum Gasteiger partial charge on any atom is 0.338 e. The minimum absolute atomic E-state index is 0.140. The topological polar surface area (TPSA) is 35.5 Å². The van der Waals surface area contributed by atoms with Gasteiger partial charge >= 0.3 is 5.97 Å². The van der Waals surface area contributed by atoms with Crippen LogP contribution in [0.3, 0.4) is 0 Å². The van der Waals surface area contributed by atoms with Crippen LogP contribution in [0.5, 0.6) is 0 Å². The number of carbonyl (C=O) groups is 1. The lowest BCUT2D eigenvalue weighted by Gasteiger charge is -2.19. The molecule has 4 heteroatoms. The Morgan fingerprint density at radius 2 is 1.91 bits per heavy atom. The number of rotatable bonds is 10. The predicted molar refractivity (Wildman–Crippen MR) is 93.7 cm³/mol. The van der Waals surface area contributed by atoms with Crippen LogP contribution in [-0.2, 0) is 9.47 Å². The van der Waals surface area contributed by atoms with Crippen LogP contribution in [0.15, 0.2) is 24.3 Å². The highest BCUT2D eigenvalue weighted by Crippen LogP contribution is 2.13. The number of hydrogen-bond acceptors (Lipinski definition) is 4. The van der Waals surface area contributed by atoms with Crippen molar-refractivity contribution in [2.75, 3.05) is 18.1 Å². The van der Waals surface area contributed by atoms with Gasteiger partial charge in [0.15, 0.2) is 0 Å². The Morgan fingerprint density at radius 1 is 1.23 bits per heavy atom. The molecule has 124 valence electrons. The van der Waals surface area contributed by atoms with Crippen LogP contribution in [0, 0.1) is 6.92 Å². The zero-order valence-electron chi connectivity index (χ0n) is 14.1. The fraction of sp³-hybridized carbons (Fsp3) is 0.611. The Labute approximate surface area is 138 Å².